The molecule has 0 heterocycles. The van der Waals surface area contributed by atoms with Crippen LogP contribution in [-0.2, 0) is 4.74 Å². The summed E-state index contributed by atoms with van der Waals surface area (Å²) in [6.45, 7) is 0. The monoisotopic (exact) mass is 340 g/mol. The Hall–Kier alpha value is -1.36. The Balaban J connectivity index is 2.87. The van der Waals surface area contributed by atoms with Crippen LogP contribution in [0.1, 0.15) is 34.7 Å². The zero-order valence-corrected chi connectivity index (χ0v) is 13.8. The molecule has 4 nitrogen and oxygen atoms in total. The second-order valence-corrected chi connectivity index (χ2v) is 5.46. The zero-order chi connectivity index (χ0) is 15.0. The SMILES string of the molecule is COC(=O)c1ccc(C(/C=N\N(C)C)CCCBr)cc1. The van der Waals surface area contributed by atoms with E-state index >= 15 is 0 Å². The van der Waals surface area contributed by atoms with Gasteiger partial charge >= 0.3 is 5.97 Å². The quantitative estimate of drug-likeness (QED) is 0.331. The number of carbonyl (C=O) groups is 1. The summed E-state index contributed by atoms with van der Waals surface area (Å²) in [4.78, 5) is 11.4. The molecule has 0 bridgehead atoms. The fourth-order valence-electron chi connectivity index (χ4n) is 1.82. The van der Waals surface area contributed by atoms with Crippen molar-refractivity contribution in [2.45, 2.75) is 18.8 Å². The molecule has 0 radical (unpaired) electrons. The highest BCUT2D eigenvalue weighted by molar-refractivity contribution is 9.09. The normalized spacial score (nSPS) is 12.4. The Morgan fingerprint density at radius 2 is 2.05 bits per heavy atom. The fourth-order valence-corrected chi connectivity index (χ4v) is 2.15. The van der Waals surface area contributed by atoms with Crippen LogP contribution in [0.2, 0.25) is 0 Å². The first-order valence-electron chi connectivity index (χ1n) is 6.54. The summed E-state index contributed by atoms with van der Waals surface area (Å²) in [5.41, 5.74) is 1.73. The number of alkyl halides is 1. The second-order valence-electron chi connectivity index (χ2n) is 4.66. The third kappa shape index (κ3) is 5.33. The Labute approximate surface area is 128 Å². The summed E-state index contributed by atoms with van der Waals surface area (Å²) in [5.74, 6) is -0.0582. The average molecular weight is 341 g/mol. The summed E-state index contributed by atoms with van der Waals surface area (Å²) in [6.07, 6.45) is 4.04. The highest BCUT2D eigenvalue weighted by Gasteiger charge is 2.11. The minimum Gasteiger partial charge on any atom is -0.465 e. The molecule has 0 fully saturated rings. The minimum atomic E-state index is -0.310. The van der Waals surface area contributed by atoms with E-state index in [0.29, 0.717) is 5.56 Å². The first-order chi connectivity index (χ1) is 9.58. The highest BCUT2D eigenvalue weighted by atomic mass is 79.9. The predicted octanol–water partition coefficient (Wildman–Crippen LogP) is 3.28. The summed E-state index contributed by atoms with van der Waals surface area (Å²) in [5, 5.41) is 7.08. The molecule has 5 heteroatoms. The molecule has 1 unspecified atom stereocenters. The standard InChI is InChI=1S/C15H21BrN2O2/c1-18(2)17-11-14(5-4-10-16)12-6-8-13(9-7-12)15(19)20-3/h6-9,11,14H,4-5,10H2,1-3H3/b17-11-. The number of rotatable bonds is 7. The fraction of sp³-hybridized carbons (Fsp3) is 0.467. The number of methoxy groups -OCH3 is 1. The van der Waals surface area contributed by atoms with Crippen molar-refractivity contribution in [3.63, 3.8) is 0 Å². The van der Waals surface area contributed by atoms with Crippen LogP contribution in [0.5, 0.6) is 0 Å². The van der Waals surface area contributed by atoms with Crippen LogP contribution < -0.4 is 0 Å². The van der Waals surface area contributed by atoms with E-state index in [1.165, 1.54) is 7.11 Å². The average Bonchev–Trinajstić information content (AvgIpc) is 2.46. The van der Waals surface area contributed by atoms with Crippen LogP contribution >= 0.6 is 15.9 Å². The van der Waals surface area contributed by atoms with Gasteiger partial charge in [0.15, 0.2) is 0 Å². The summed E-state index contributed by atoms with van der Waals surface area (Å²) in [6, 6.07) is 7.53. The van der Waals surface area contributed by atoms with Crippen molar-refractivity contribution in [3.05, 3.63) is 35.4 Å². The van der Waals surface area contributed by atoms with Crippen molar-refractivity contribution in [1.82, 2.24) is 5.01 Å². The van der Waals surface area contributed by atoms with E-state index < -0.39 is 0 Å². The van der Waals surface area contributed by atoms with E-state index in [-0.39, 0.29) is 11.9 Å². The van der Waals surface area contributed by atoms with E-state index in [9.17, 15) is 4.79 Å². The van der Waals surface area contributed by atoms with Gasteiger partial charge in [0.05, 0.1) is 12.7 Å². The maximum Gasteiger partial charge on any atom is 0.337 e. The van der Waals surface area contributed by atoms with Gasteiger partial charge in [-0.25, -0.2) is 4.79 Å². The molecule has 0 amide bonds. The lowest BCUT2D eigenvalue weighted by molar-refractivity contribution is 0.0600. The second kappa shape index (κ2) is 8.74. The number of hydrogen-bond donors (Lipinski definition) is 0. The smallest absolute Gasteiger partial charge is 0.337 e. The Morgan fingerprint density at radius 3 is 2.55 bits per heavy atom. The Bertz CT molecular complexity index is 444. The molecule has 20 heavy (non-hydrogen) atoms. The van der Waals surface area contributed by atoms with Crippen molar-refractivity contribution in [2.24, 2.45) is 5.10 Å². The van der Waals surface area contributed by atoms with Crippen molar-refractivity contribution >= 4 is 28.1 Å². The van der Waals surface area contributed by atoms with Gasteiger partial charge in [-0.3, -0.25) is 0 Å². The number of halogens is 1. The van der Waals surface area contributed by atoms with Crippen molar-refractivity contribution in [2.75, 3.05) is 26.5 Å². The van der Waals surface area contributed by atoms with Gasteiger partial charge in [-0.1, -0.05) is 28.1 Å². The number of benzene rings is 1. The molecule has 0 saturated carbocycles. The van der Waals surface area contributed by atoms with Gasteiger partial charge in [-0.2, -0.15) is 5.10 Å². The molecule has 0 saturated heterocycles. The minimum absolute atomic E-state index is 0.252. The molecule has 0 aliphatic heterocycles. The molecular formula is C15H21BrN2O2. The number of hydrazone groups is 1. The zero-order valence-electron chi connectivity index (χ0n) is 12.2. The van der Waals surface area contributed by atoms with Gasteiger partial charge in [0, 0.05) is 31.6 Å². The molecule has 1 rings (SSSR count). The highest BCUT2D eigenvalue weighted by Crippen LogP contribution is 2.21. The van der Waals surface area contributed by atoms with Crippen LogP contribution in [0.15, 0.2) is 29.4 Å². The maximum absolute atomic E-state index is 11.4. The van der Waals surface area contributed by atoms with Gasteiger partial charge in [-0.05, 0) is 30.5 Å². The van der Waals surface area contributed by atoms with Crippen molar-refractivity contribution < 1.29 is 9.53 Å². The summed E-state index contributed by atoms with van der Waals surface area (Å²) < 4.78 is 4.70. The molecule has 0 N–H and O–H groups in total. The Kier molecular flexibility index (Phi) is 7.30. The predicted molar refractivity (Wildman–Crippen MR) is 85.7 cm³/mol. The lowest BCUT2D eigenvalue weighted by Gasteiger charge is -2.14. The first kappa shape index (κ1) is 16.7. The molecule has 0 spiro atoms. The van der Waals surface area contributed by atoms with Crippen molar-refractivity contribution in [1.29, 1.82) is 0 Å². The number of carbonyl (C=O) groups excluding carboxylic acids is 1. The molecule has 0 aliphatic rings. The maximum atomic E-state index is 11.4. The van der Waals surface area contributed by atoms with Gasteiger partial charge in [0.25, 0.3) is 0 Å². The van der Waals surface area contributed by atoms with Gasteiger partial charge in [0.1, 0.15) is 0 Å². The number of nitrogens with zero attached hydrogens (tertiary/aromatic N) is 2. The van der Waals surface area contributed by atoms with Gasteiger partial charge < -0.3 is 9.75 Å². The van der Waals surface area contributed by atoms with Crippen LogP contribution in [0.4, 0.5) is 0 Å². The largest absolute Gasteiger partial charge is 0.465 e. The van der Waals surface area contributed by atoms with E-state index in [0.717, 1.165) is 23.7 Å². The van der Waals surface area contributed by atoms with Crippen LogP contribution in [-0.4, -0.2) is 43.7 Å². The molecule has 0 aromatic heterocycles. The Morgan fingerprint density at radius 1 is 1.40 bits per heavy atom. The summed E-state index contributed by atoms with van der Waals surface area (Å²) >= 11 is 3.45. The van der Waals surface area contributed by atoms with Crippen LogP contribution in [0.25, 0.3) is 0 Å². The van der Waals surface area contributed by atoms with Crippen molar-refractivity contribution in [3.8, 4) is 0 Å². The topological polar surface area (TPSA) is 41.9 Å². The molecule has 110 valence electrons. The van der Waals surface area contributed by atoms with Crippen LogP contribution in [0.3, 0.4) is 0 Å². The third-order valence-corrected chi connectivity index (χ3v) is 3.45. The molecule has 1 atom stereocenters. The number of esters is 1. The molecule has 1 aromatic carbocycles. The molecule has 0 aliphatic carbocycles. The number of hydrogen-bond acceptors (Lipinski definition) is 4. The van der Waals surface area contributed by atoms with E-state index in [1.807, 2.05) is 32.4 Å². The van der Waals surface area contributed by atoms with E-state index in [2.05, 4.69) is 21.0 Å². The van der Waals surface area contributed by atoms with E-state index in [4.69, 9.17) is 4.74 Å². The molecule has 1 aromatic rings. The lowest BCUT2D eigenvalue weighted by atomic mass is 9.95. The van der Waals surface area contributed by atoms with Crippen LogP contribution in [0, 0.1) is 0 Å². The van der Waals surface area contributed by atoms with E-state index in [1.54, 1.807) is 17.1 Å². The van der Waals surface area contributed by atoms with Gasteiger partial charge in [0.2, 0.25) is 0 Å². The summed E-state index contributed by atoms with van der Waals surface area (Å²) in [7, 11) is 5.19. The lowest BCUT2D eigenvalue weighted by Crippen LogP contribution is -2.08. The third-order valence-electron chi connectivity index (χ3n) is 2.89. The molecular weight excluding hydrogens is 320 g/mol. The first-order valence-corrected chi connectivity index (χ1v) is 7.66. The number of ether oxygens (including phenoxy) is 1. The van der Waals surface area contributed by atoms with Gasteiger partial charge in [-0.15, -0.1) is 0 Å².